The van der Waals surface area contributed by atoms with E-state index in [9.17, 15) is 4.79 Å². The number of aliphatic carboxylic acids is 1. The fourth-order valence-electron chi connectivity index (χ4n) is 2.66. The van der Waals surface area contributed by atoms with Gasteiger partial charge in [0.15, 0.2) is 0 Å². The average Bonchev–Trinajstić information content (AvgIpc) is 2.17. The molecule has 3 heteroatoms. The lowest BCUT2D eigenvalue weighted by atomic mass is 9.75. The van der Waals surface area contributed by atoms with Crippen molar-refractivity contribution in [1.29, 1.82) is 0 Å². The fourth-order valence-corrected chi connectivity index (χ4v) is 2.66. The number of hydrogen-bond donors (Lipinski definition) is 1. The van der Waals surface area contributed by atoms with E-state index in [2.05, 4.69) is 0 Å². The molecular weight excluding hydrogens is 168 g/mol. The van der Waals surface area contributed by atoms with Crippen molar-refractivity contribution in [2.24, 2.45) is 11.8 Å². The predicted molar refractivity (Wildman–Crippen MR) is 47.4 cm³/mol. The smallest absolute Gasteiger partial charge is 0.306 e. The average molecular weight is 184 g/mol. The third-order valence-corrected chi connectivity index (χ3v) is 3.35. The first-order chi connectivity index (χ1) is 6.29. The fraction of sp³-hybridized carbons (Fsp3) is 0.900. The summed E-state index contributed by atoms with van der Waals surface area (Å²) >= 11 is 0. The van der Waals surface area contributed by atoms with Crippen LogP contribution in [0.15, 0.2) is 0 Å². The highest BCUT2D eigenvalue weighted by atomic mass is 16.5. The van der Waals surface area contributed by atoms with Gasteiger partial charge in [-0.3, -0.25) is 4.79 Å². The molecule has 1 N–H and O–H groups in total. The van der Waals surface area contributed by atoms with Crippen molar-refractivity contribution in [2.75, 3.05) is 6.61 Å². The molecule has 0 amide bonds. The molecule has 1 heterocycles. The van der Waals surface area contributed by atoms with Gasteiger partial charge in [-0.1, -0.05) is 12.8 Å². The van der Waals surface area contributed by atoms with Crippen LogP contribution in [0.2, 0.25) is 0 Å². The standard InChI is InChI=1S/C10H16O3/c11-10(12)8-5-6-13-9-4-2-1-3-7(8)9/h7-9H,1-6H2,(H,11,12). The Hall–Kier alpha value is -0.570. The van der Waals surface area contributed by atoms with Crippen molar-refractivity contribution in [1.82, 2.24) is 0 Å². The summed E-state index contributed by atoms with van der Waals surface area (Å²) in [6, 6.07) is 0. The Labute approximate surface area is 78.1 Å². The van der Waals surface area contributed by atoms with Crippen LogP contribution in [0.25, 0.3) is 0 Å². The largest absolute Gasteiger partial charge is 0.481 e. The van der Waals surface area contributed by atoms with Gasteiger partial charge in [-0.05, 0) is 25.2 Å². The summed E-state index contributed by atoms with van der Waals surface area (Å²) in [6.07, 6.45) is 5.43. The van der Waals surface area contributed by atoms with E-state index in [0.717, 1.165) is 12.8 Å². The molecule has 0 aromatic carbocycles. The number of ether oxygens (including phenoxy) is 1. The van der Waals surface area contributed by atoms with Gasteiger partial charge < -0.3 is 9.84 Å². The highest BCUT2D eigenvalue weighted by Crippen LogP contribution is 2.37. The minimum atomic E-state index is -0.625. The molecule has 0 aromatic heterocycles. The molecule has 1 saturated heterocycles. The summed E-state index contributed by atoms with van der Waals surface area (Å²) in [5.41, 5.74) is 0. The Morgan fingerprint density at radius 1 is 1.23 bits per heavy atom. The first-order valence-electron chi connectivity index (χ1n) is 5.13. The molecule has 0 radical (unpaired) electrons. The maximum Gasteiger partial charge on any atom is 0.306 e. The van der Waals surface area contributed by atoms with Crippen LogP contribution < -0.4 is 0 Å². The molecule has 0 aromatic rings. The number of carboxylic acids is 1. The van der Waals surface area contributed by atoms with Crippen molar-refractivity contribution >= 4 is 5.97 Å². The van der Waals surface area contributed by atoms with Gasteiger partial charge in [0.1, 0.15) is 0 Å². The van der Waals surface area contributed by atoms with Gasteiger partial charge in [0, 0.05) is 6.61 Å². The predicted octanol–water partition coefficient (Wildman–Crippen LogP) is 1.67. The highest BCUT2D eigenvalue weighted by molar-refractivity contribution is 5.70. The lowest BCUT2D eigenvalue weighted by Gasteiger charge is -2.39. The Morgan fingerprint density at radius 3 is 2.77 bits per heavy atom. The van der Waals surface area contributed by atoms with E-state index in [4.69, 9.17) is 9.84 Å². The Morgan fingerprint density at radius 2 is 2.00 bits per heavy atom. The summed E-state index contributed by atoms with van der Waals surface area (Å²) in [6.45, 7) is 0.637. The Bertz CT molecular complexity index is 200. The summed E-state index contributed by atoms with van der Waals surface area (Å²) in [5.74, 6) is -0.473. The summed E-state index contributed by atoms with van der Waals surface area (Å²) in [7, 11) is 0. The van der Waals surface area contributed by atoms with Crippen molar-refractivity contribution in [2.45, 2.75) is 38.2 Å². The lowest BCUT2D eigenvalue weighted by molar-refractivity contribution is -0.155. The number of rotatable bonds is 1. The van der Waals surface area contributed by atoms with Crippen molar-refractivity contribution in [3.63, 3.8) is 0 Å². The Kier molecular flexibility index (Phi) is 2.54. The van der Waals surface area contributed by atoms with Gasteiger partial charge >= 0.3 is 5.97 Å². The van der Waals surface area contributed by atoms with Crippen molar-refractivity contribution in [3.8, 4) is 0 Å². The van der Waals surface area contributed by atoms with E-state index in [-0.39, 0.29) is 12.0 Å². The van der Waals surface area contributed by atoms with Crippen molar-refractivity contribution in [3.05, 3.63) is 0 Å². The molecule has 1 aliphatic carbocycles. The lowest BCUT2D eigenvalue weighted by Crippen LogP contribution is -2.41. The van der Waals surface area contributed by atoms with Gasteiger partial charge in [-0.15, -0.1) is 0 Å². The SMILES string of the molecule is O=C(O)C1CCOC2CCCCC21. The van der Waals surface area contributed by atoms with E-state index in [1.807, 2.05) is 0 Å². The second-order valence-electron chi connectivity index (χ2n) is 4.09. The van der Waals surface area contributed by atoms with Gasteiger partial charge in [0.2, 0.25) is 0 Å². The van der Waals surface area contributed by atoms with Crippen LogP contribution >= 0.6 is 0 Å². The van der Waals surface area contributed by atoms with Gasteiger partial charge in [-0.25, -0.2) is 0 Å². The molecule has 3 atom stereocenters. The second-order valence-corrected chi connectivity index (χ2v) is 4.09. The minimum absolute atomic E-state index is 0.140. The maximum absolute atomic E-state index is 11.0. The number of carbonyl (C=O) groups is 1. The highest BCUT2D eigenvalue weighted by Gasteiger charge is 2.39. The quantitative estimate of drug-likeness (QED) is 0.674. The molecular formula is C10H16O3. The molecule has 13 heavy (non-hydrogen) atoms. The normalized spacial score (nSPS) is 39.5. The topological polar surface area (TPSA) is 46.5 Å². The van der Waals surface area contributed by atoms with Crippen molar-refractivity contribution < 1.29 is 14.6 Å². The second kappa shape index (κ2) is 3.66. The Balaban J connectivity index is 2.06. The van der Waals surface area contributed by atoms with Gasteiger partial charge in [-0.2, -0.15) is 0 Å². The summed E-state index contributed by atoms with van der Waals surface area (Å²) < 4.78 is 5.60. The van der Waals surface area contributed by atoms with E-state index in [1.54, 1.807) is 0 Å². The zero-order valence-corrected chi connectivity index (χ0v) is 7.74. The van der Waals surface area contributed by atoms with E-state index in [1.165, 1.54) is 12.8 Å². The van der Waals surface area contributed by atoms with Crippen LogP contribution in [0.1, 0.15) is 32.1 Å². The molecule has 2 fully saturated rings. The summed E-state index contributed by atoms with van der Waals surface area (Å²) in [5, 5.41) is 9.02. The van der Waals surface area contributed by atoms with Crippen LogP contribution in [0.5, 0.6) is 0 Å². The molecule has 3 nitrogen and oxygen atoms in total. The van der Waals surface area contributed by atoms with E-state index >= 15 is 0 Å². The zero-order chi connectivity index (χ0) is 9.26. The molecule has 1 aliphatic heterocycles. The van der Waals surface area contributed by atoms with Crippen LogP contribution in [-0.4, -0.2) is 23.8 Å². The van der Waals surface area contributed by atoms with Gasteiger partial charge in [0.05, 0.1) is 12.0 Å². The van der Waals surface area contributed by atoms with Crippen LogP contribution in [0.4, 0.5) is 0 Å². The number of hydrogen-bond acceptors (Lipinski definition) is 2. The monoisotopic (exact) mass is 184 g/mol. The summed E-state index contributed by atoms with van der Waals surface area (Å²) in [4.78, 5) is 11.0. The molecule has 74 valence electrons. The molecule has 0 bridgehead atoms. The van der Waals surface area contributed by atoms with Crippen LogP contribution in [0, 0.1) is 11.8 Å². The third kappa shape index (κ3) is 1.70. The van der Waals surface area contributed by atoms with E-state index in [0.29, 0.717) is 18.9 Å². The number of fused-ring (bicyclic) bond motifs is 1. The van der Waals surface area contributed by atoms with Gasteiger partial charge in [0.25, 0.3) is 0 Å². The van der Waals surface area contributed by atoms with Crippen LogP contribution in [-0.2, 0) is 9.53 Å². The maximum atomic E-state index is 11.0. The first kappa shape index (κ1) is 9.00. The zero-order valence-electron chi connectivity index (χ0n) is 7.74. The molecule has 2 rings (SSSR count). The number of carboxylic acid groups (broad SMARTS) is 1. The molecule has 3 unspecified atom stereocenters. The van der Waals surface area contributed by atoms with Crippen LogP contribution in [0.3, 0.4) is 0 Å². The minimum Gasteiger partial charge on any atom is -0.481 e. The molecule has 0 spiro atoms. The van der Waals surface area contributed by atoms with E-state index < -0.39 is 5.97 Å². The first-order valence-corrected chi connectivity index (χ1v) is 5.13. The third-order valence-electron chi connectivity index (χ3n) is 3.35. The molecule has 1 saturated carbocycles. The molecule has 2 aliphatic rings.